The zero-order chi connectivity index (χ0) is 25.8. The fraction of sp³-hybridized carbons (Fsp3) is 0.759. The molecule has 0 fully saturated rings. The molecule has 0 saturated carbocycles. The normalized spacial score (nSPS) is 14.8. The van der Waals surface area contributed by atoms with Crippen LogP contribution in [0.15, 0.2) is 21.1 Å². The van der Waals surface area contributed by atoms with Gasteiger partial charge < -0.3 is 0 Å². The van der Waals surface area contributed by atoms with E-state index in [9.17, 15) is 0 Å². The molecule has 1 aromatic heterocycles. The standard InChI is InChI=1S/C17H28NOSSi.3C4H9.Sn/c1-9-10-16(19-21(7,8)17(4,5)6)13(2)11-15-12-20-14(3)18-15;3*1-3-4-2;/h1,9,11-12,16H,10H2,2-8H3;3*1,3-4H2,2H3;/b9-1?,13-11+;;;;/t16-;;;;/m0..../s1. The summed E-state index contributed by atoms with van der Waals surface area (Å²) in [4.78, 5) is 4.69. The fourth-order valence-electron chi connectivity index (χ4n) is 4.29. The molecule has 0 aliphatic rings. The molecule has 1 heterocycles. The Bertz CT molecular complexity index is 741. The van der Waals surface area contributed by atoms with Crippen LogP contribution in [0.5, 0.6) is 0 Å². The Morgan fingerprint density at radius 3 is 2.00 bits per heavy atom. The number of aryl methyl sites for hydroxylation is 1. The quantitative estimate of drug-likeness (QED) is 0.173. The van der Waals surface area contributed by atoms with Gasteiger partial charge in [-0.2, -0.15) is 0 Å². The van der Waals surface area contributed by atoms with Gasteiger partial charge in [-0.25, -0.2) is 0 Å². The van der Waals surface area contributed by atoms with E-state index in [0.29, 0.717) is 0 Å². The third kappa shape index (κ3) is 11.0. The van der Waals surface area contributed by atoms with Crippen molar-refractivity contribution in [1.82, 2.24) is 4.98 Å². The van der Waals surface area contributed by atoms with Crippen molar-refractivity contribution in [2.75, 3.05) is 0 Å². The molecule has 2 nitrogen and oxygen atoms in total. The van der Waals surface area contributed by atoms with Gasteiger partial charge in [0.15, 0.2) is 0 Å². The van der Waals surface area contributed by atoms with Crippen molar-refractivity contribution in [2.24, 2.45) is 0 Å². The monoisotopic (exact) mass is 613 g/mol. The molecule has 0 N–H and O–H groups in total. The number of rotatable bonds is 16. The summed E-state index contributed by atoms with van der Waals surface area (Å²) in [5, 5.41) is 3.50. The van der Waals surface area contributed by atoms with Gasteiger partial charge in [0.25, 0.3) is 0 Å². The SMILES string of the molecule is CCC[CH2][Sn](/[CH]=C\C[C@H](O[Si](C)(C)C(C)(C)C)/C(C)=C/c1csc(C)n1)([CH2]CCC)[CH2]CCC. The van der Waals surface area contributed by atoms with Gasteiger partial charge in [0.2, 0.25) is 0 Å². The predicted octanol–water partition coefficient (Wildman–Crippen LogP) is 10.6. The second-order valence-corrected chi connectivity index (χ2v) is 30.7. The Hall–Kier alpha value is 0.0856. The van der Waals surface area contributed by atoms with Crippen LogP contribution in [-0.2, 0) is 4.43 Å². The maximum atomic E-state index is 7.02. The number of hydrogen-bond donors (Lipinski definition) is 0. The zero-order valence-electron chi connectivity index (χ0n) is 24.2. The Labute approximate surface area is 222 Å². The van der Waals surface area contributed by atoms with Crippen molar-refractivity contribution in [3.05, 3.63) is 31.8 Å². The van der Waals surface area contributed by atoms with Crippen LogP contribution in [0.4, 0.5) is 0 Å². The van der Waals surface area contributed by atoms with Crippen LogP contribution in [0.2, 0.25) is 31.4 Å². The van der Waals surface area contributed by atoms with E-state index in [-0.39, 0.29) is 11.1 Å². The number of thiazole rings is 1. The van der Waals surface area contributed by atoms with Gasteiger partial charge >= 0.3 is 223 Å². The predicted molar refractivity (Wildman–Crippen MR) is 161 cm³/mol. The van der Waals surface area contributed by atoms with Gasteiger partial charge in [0, 0.05) is 0 Å². The Morgan fingerprint density at radius 1 is 1.06 bits per heavy atom. The summed E-state index contributed by atoms with van der Waals surface area (Å²) in [6.45, 7) is 23.2. The van der Waals surface area contributed by atoms with Gasteiger partial charge in [-0.1, -0.05) is 0 Å². The summed E-state index contributed by atoms with van der Waals surface area (Å²) in [7, 11) is -1.88. The summed E-state index contributed by atoms with van der Waals surface area (Å²) < 4.78 is 14.4. The summed E-state index contributed by atoms with van der Waals surface area (Å²) in [5.74, 6) is 0. The van der Waals surface area contributed by atoms with Gasteiger partial charge in [0.05, 0.1) is 0 Å². The molecular weight excluding hydrogens is 557 g/mol. The first-order valence-electron chi connectivity index (χ1n) is 13.9. The van der Waals surface area contributed by atoms with Crippen LogP contribution in [0.25, 0.3) is 6.08 Å². The number of aromatic nitrogens is 1. The van der Waals surface area contributed by atoms with Gasteiger partial charge in [-0.05, 0) is 0 Å². The average Bonchev–Trinajstić information content (AvgIpc) is 3.17. The van der Waals surface area contributed by atoms with Crippen molar-refractivity contribution < 1.29 is 4.43 Å². The third-order valence-corrected chi connectivity index (χ3v) is 27.2. The van der Waals surface area contributed by atoms with Crippen molar-refractivity contribution in [1.29, 1.82) is 0 Å². The van der Waals surface area contributed by atoms with Crippen molar-refractivity contribution in [3.63, 3.8) is 0 Å². The van der Waals surface area contributed by atoms with Crippen molar-refractivity contribution in [3.8, 4) is 0 Å². The van der Waals surface area contributed by atoms with Crippen molar-refractivity contribution >= 4 is 44.1 Å². The molecule has 0 aliphatic heterocycles. The van der Waals surface area contributed by atoms with Gasteiger partial charge in [0.1, 0.15) is 0 Å². The average molecular weight is 613 g/mol. The summed E-state index contributed by atoms with van der Waals surface area (Å²) in [5.41, 5.74) is 2.39. The second-order valence-electron chi connectivity index (χ2n) is 11.9. The Balaban J connectivity index is 3.22. The molecule has 1 aromatic rings. The molecule has 1 rings (SSSR count). The molecular formula is C29H55NOSSiSn. The molecule has 5 heteroatoms. The molecule has 196 valence electrons. The van der Waals surface area contributed by atoms with Crippen molar-refractivity contribution in [2.45, 2.75) is 138 Å². The van der Waals surface area contributed by atoms with Gasteiger partial charge in [-0.15, -0.1) is 0 Å². The maximum absolute atomic E-state index is 7.02. The van der Waals surface area contributed by atoms with Gasteiger partial charge in [-0.3, -0.25) is 0 Å². The molecule has 0 bridgehead atoms. The van der Waals surface area contributed by atoms with E-state index in [1.54, 1.807) is 11.3 Å². The molecule has 0 radical (unpaired) electrons. The Kier molecular flexibility index (Phi) is 14.5. The molecule has 0 spiro atoms. The van der Waals surface area contributed by atoms with E-state index in [2.05, 4.69) is 95.1 Å². The van der Waals surface area contributed by atoms with E-state index >= 15 is 0 Å². The minimum absolute atomic E-state index is 0.145. The molecule has 1 atom stereocenters. The molecule has 0 amide bonds. The van der Waals surface area contributed by atoms with E-state index in [0.717, 1.165) is 17.1 Å². The van der Waals surface area contributed by atoms with E-state index < -0.39 is 26.7 Å². The molecule has 0 aliphatic carbocycles. The Morgan fingerprint density at radius 2 is 1.59 bits per heavy atom. The fourth-order valence-corrected chi connectivity index (χ4v) is 20.6. The zero-order valence-corrected chi connectivity index (χ0v) is 28.9. The van der Waals surface area contributed by atoms with Crippen LogP contribution in [-0.4, -0.2) is 37.8 Å². The van der Waals surface area contributed by atoms with E-state index in [1.165, 1.54) is 57.4 Å². The molecule has 34 heavy (non-hydrogen) atoms. The third-order valence-electron chi connectivity index (χ3n) is 7.67. The molecule has 0 aromatic carbocycles. The summed E-state index contributed by atoms with van der Waals surface area (Å²) in [6, 6.07) is 0. The first kappa shape index (κ1) is 32.1. The second kappa shape index (κ2) is 15.4. The van der Waals surface area contributed by atoms with E-state index in [1.807, 2.05) is 0 Å². The molecule has 0 saturated heterocycles. The first-order valence-corrected chi connectivity index (χ1v) is 25.3. The topological polar surface area (TPSA) is 22.1 Å². The molecule has 0 unspecified atom stereocenters. The summed E-state index contributed by atoms with van der Waals surface area (Å²) in [6.07, 6.45) is 14.2. The number of unbranched alkanes of at least 4 members (excludes halogenated alkanes) is 3. The minimum atomic E-state index is -2.27. The summed E-state index contributed by atoms with van der Waals surface area (Å²) >= 11 is -0.544. The number of hydrogen-bond acceptors (Lipinski definition) is 3. The van der Waals surface area contributed by atoms with Crippen LogP contribution in [0.3, 0.4) is 0 Å². The van der Waals surface area contributed by atoms with E-state index in [4.69, 9.17) is 4.43 Å². The van der Waals surface area contributed by atoms with Crippen LogP contribution in [0, 0.1) is 6.92 Å². The van der Waals surface area contributed by atoms with Crippen LogP contribution < -0.4 is 0 Å². The van der Waals surface area contributed by atoms with Crippen LogP contribution in [0.1, 0.15) is 104 Å². The number of nitrogens with zero attached hydrogens (tertiary/aromatic N) is 1. The van der Waals surface area contributed by atoms with Crippen LogP contribution >= 0.6 is 11.3 Å². The first-order chi connectivity index (χ1) is 15.9.